The van der Waals surface area contributed by atoms with E-state index in [0.29, 0.717) is 10.6 Å². The average molecular weight is 491 g/mol. The number of esters is 1. The van der Waals surface area contributed by atoms with Crippen molar-refractivity contribution in [3.63, 3.8) is 0 Å². The molecule has 1 unspecified atom stereocenters. The van der Waals surface area contributed by atoms with Crippen molar-refractivity contribution in [2.45, 2.75) is 17.4 Å². The SMILES string of the molecule is COC(=O)CC(NC(=O)c1ccc(NS(=O)(=O)c2ccc(F)cc2)cc1)c1ccc(Cl)cc1. The van der Waals surface area contributed by atoms with Crippen molar-refractivity contribution in [3.8, 4) is 0 Å². The lowest BCUT2D eigenvalue weighted by molar-refractivity contribution is -0.141. The van der Waals surface area contributed by atoms with E-state index >= 15 is 0 Å². The van der Waals surface area contributed by atoms with Crippen molar-refractivity contribution < 1.29 is 27.1 Å². The predicted molar refractivity (Wildman–Crippen MR) is 122 cm³/mol. The first-order chi connectivity index (χ1) is 15.7. The summed E-state index contributed by atoms with van der Waals surface area (Å²) in [5.74, 6) is -1.51. The molecule has 1 atom stereocenters. The van der Waals surface area contributed by atoms with Gasteiger partial charge in [-0.1, -0.05) is 23.7 Å². The van der Waals surface area contributed by atoms with E-state index in [0.717, 1.165) is 24.3 Å². The minimum absolute atomic E-state index is 0.0839. The van der Waals surface area contributed by atoms with Gasteiger partial charge in [0.25, 0.3) is 15.9 Å². The van der Waals surface area contributed by atoms with Crippen molar-refractivity contribution >= 4 is 39.2 Å². The molecule has 0 spiro atoms. The van der Waals surface area contributed by atoms with Gasteiger partial charge in [0.2, 0.25) is 0 Å². The lowest BCUT2D eigenvalue weighted by atomic mass is 10.0. The smallest absolute Gasteiger partial charge is 0.307 e. The van der Waals surface area contributed by atoms with Crippen LogP contribution < -0.4 is 10.0 Å². The van der Waals surface area contributed by atoms with Crippen LogP contribution in [0.2, 0.25) is 5.02 Å². The van der Waals surface area contributed by atoms with Crippen LogP contribution in [0.4, 0.5) is 10.1 Å². The number of rotatable bonds is 8. The van der Waals surface area contributed by atoms with E-state index in [1.807, 2.05) is 0 Å². The summed E-state index contributed by atoms with van der Waals surface area (Å²) in [6.45, 7) is 0. The highest BCUT2D eigenvalue weighted by Crippen LogP contribution is 2.22. The van der Waals surface area contributed by atoms with Crippen molar-refractivity contribution in [3.05, 3.63) is 94.8 Å². The summed E-state index contributed by atoms with van der Waals surface area (Å²) in [6.07, 6.45) is -0.0839. The molecular weight excluding hydrogens is 471 g/mol. The number of ether oxygens (including phenoxy) is 1. The summed E-state index contributed by atoms with van der Waals surface area (Å²) in [4.78, 5) is 24.5. The molecule has 3 rings (SSSR count). The van der Waals surface area contributed by atoms with Crippen molar-refractivity contribution in [2.75, 3.05) is 11.8 Å². The Balaban J connectivity index is 1.73. The first-order valence-electron chi connectivity index (χ1n) is 9.69. The number of benzene rings is 3. The van der Waals surface area contributed by atoms with Gasteiger partial charge in [-0.05, 0) is 66.2 Å². The molecule has 0 aromatic heterocycles. The Labute approximate surface area is 195 Å². The van der Waals surface area contributed by atoms with Crippen LogP contribution in [-0.4, -0.2) is 27.4 Å². The monoisotopic (exact) mass is 490 g/mol. The summed E-state index contributed by atoms with van der Waals surface area (Å²) in [5, 5.41) is 3.29. The number of anilines is 1. The highest BCUT2D eigenvalue weighted by atomic mass is 35.5. The third kappa shape index (κ3) is 6.53. The number of methoxy groups -OCH3 is 1. The van der Waals surface area contributed by atoms with Gasteiger partial charge in [-0.2, -0.15) is 0 Å². The van der Waals surface area contributed by atoms with Crippen molar-refractivity contribution in [1.82, 2.24) is 5.32 Å². The molecule has 0 aliphatic heterocycles. The predicted octanol–water partition coefficient (Wildman–Crippen LogP) is 4.31. The molecule has 10 heteroatoms. The molecular formula is C23H20ClFN2O5S. The maximum atomic E-state index is 13.0. The fourth-order valence-corrected chi connectivity index (χ4v) is 4.14. The zero-order chi connectivity index (χ0) is 24.0. The maximum Gasteiger partial charge on any atom is 0.307 e. The minimum atomic E-state index is -3.92. The lowest BCUT2D eigenvalue weighted by Crippen LogP contribution is -2.30. The fourth-order valence-electron chi connectivity index (χ4n) is 2.96. The molecule has 3 aromatic rings. The van der Waals surface area contributed by atoms with Gasteiger partial charge in [-0.3, -0.25) is 14.3 Å². The molecule has 0 aliphatic rings. The maximum absolute atomic E-state index is 13.0. The third-order valence-corrected chi connectivity index (χ3v) is 6.35. The van der Waals surface area contributed by atoms with Gasteiger partial charge >= 0.3 is 5.97 Å². The van der Waals surface area contributed by atoms with Crippen LogP contribution >= 0.6 is 11.6 Å². The van der Waals surface area contributed by atoms with E-state index in [-0.39, 0.29) is 22.6 Å². The zero-order valence-electron chi connectivity index (χ0n) is 17.4. The Morgan fingerprint density at radius 3 is 2.15 bits per heavy atom. The molecule has 33 heavy (non-hydrogen) atoms. The van der Waals surface area contributed by atoms with Gasteiger partial charge in [-0.25, -0.2) is 12.8 Å². The minimum Gasteiger partial charge on any atom is -0.469 e. The number of hydrogen-bond acceptors (Lipinski definition) is 5. The number of hydrogen-bond donors (Lipinski definition) is 2. The number of nitrogens with one attached hydrogen (secondary N) is 2. The molecule has 0 saturated carbocycles. The van der Waals surface area contributed by atoms with Gasteiger partial charge in [-0.15, -0.1) is 0 Å². The van der Waals surface area contributed by atoms with Gasteiger partial charge < -0.3 is 10.1 Å². The van der Waals surface area contributed by atoms with E-state index in [2.05, 4.69) is 10.0 Å². The second-order valence-electron chi connectivity index (χ2n) is 6.99. The van der Waals surface area contributed by atoms with E-state index in [9.17, 15) is 22.4 Å². The van der Waals surface area contributed by atoms with Crippen LogP contribution in [0.25, 0.3) is 0 Å². The second kappa shape index (κ2) is 10.5. The Morgan fingerprint density at radius 1 is 0.970 bits per heavy atom. The first-order valence-corrected chi connectivity index (χ1v) is 11.6. The Morgan fingerprint density at radius 2 is 1.58 bits per heavy atom. The van der Waals surface area contributed by atoms with E-state index in [1.54, 1.807) is 24.3 Å². The summed E-state index contributed by atoms with van der Waals surface area (Å²) in [5.41, 5.74) is 1.14. The van der Waals surface area contributed by atoms with E-state index < -0.39 is 33.8 Å². The topological polar surface area (TPSA) is 102 Å². The average Bonchev–Trinajstić information content (AvgIpc) is 2.79. The van der Waals surface area contributed by atoms with E-state index in [4.69, 9.17) is 16.3 Å². The molecule has 7 nitrogen and oxygen atoms in total. The highest BCUT2D eigenvalue weighted by molar-refractivity contribution is 7.92. The normalized spacial score (nSPS) is 12.0. The molecule has 0 heterocycles. The fraction of sp³-hybridized carbons (Fsp3) is 0.130. The zero-order valence-corrected chi connectivity index (χ0v) is 19.0. The quantitative estimate of drug-likeness (QED) is 0.458. The van der Waals surface area contributed by atoms with E-state index in [1.165, 1.54) is 31.4 Å². The first kappa shape index (κ1) is 24.2. The molecule has 0 radical (unpaired) electrons. The number of sulfonamides is 1. The van der Waals surface area contributed by atoms with Crippen molar-refractivity contribution in [2.24, 2.45) is 0 Å². The number of carbonyl (C=O) groups is 2. The molecule has 2 N–H and O–H groups in total. The summed E-state index contributed by atoms with van der Waals surface area (Å²) >= 11 is 5.91. The Bertz CT molecular complexity index is 1230. The largest absolute Gasteiger partial charge is 0.469 e. The number of halogens is 2. The second-order valence-corrected chi connectivity index (χ2v) is 9.11. The van der Waals surface area contributed by atoms with Gasteiger partial charge in [0.15, 0.2) is 0 Å². The summed E-state index contributed by atoms with van der Waals surface area (Å²) in [6, 6.07) is 16.2. The molecule has 1 amide bonds. The van der Waals surface area contributed by atoms with Gasteiger partial charge in [0, 0.05) is 16.3 Å². The van der Waals surface area contributed by atoms with Crippen LogP contribution in [0.15, 0.2) is 77.7 Å². The lowest BCUT2D eigenvalue weighted by Gasteiger charge is -2.18. The molecule has 0 saturated heterocycles. The molecule has 0 bridgehead atoms. The van der Waals surface area contributed by atoms with Crippen LogP contribution in [0.3, 0.4) is 0 Å². The molecule has 0 aliphatic carbocycles. The van der Waals surface area contributed by atoms with Crippen LogP contribution in [0.1, 0.15) is 28.4 Å². The standard InChI is InChI=1S/C23H20ClFN2O5S/c1-32-22(28)14-21(15-2-6-17(24)7-3-15)26-23(29)16-4-10-19(11-5-16)27-33(30,31)20-12-8-18(25)9-13-20/h2-13,21,27H,14H2,1H3,(H,26,29). The molecule has 0 fully saturated rings. The van der Waals surface area contributed by atoms with Crippen molar-refractivity contribution in [1.29, 1.82) is 0 Å². The number of carbonyl (C=O) groups excluding carboxylic acids is 2. The molecule has 172 valence electrons. The Kier molecular flexibility index (Phi) is 7.67. The van der Waals surface area contributed by atoms with Crippen LogP contribution in [0, 0.1) is 5.82 Å². The van der Waals surface area contributed by atoms with Gasteiger partial charge in [0.05, 0.1) is 24.5 Å². The number of amides is 1. The highest BCUT2D eigenvalue weighted by Gasteiger charge is 2.20. The summed E-state index contributed by atoms with van der Waals surface area (Å²) < 4.78 is 45.0. The van der Waals surface area contributed by atoms with Gasteiger partial charge in [0.1, 0.15) is 5.82 Å². The van der Waals surface area contributed by atoms with Crippen LogP contribution in [-0.2, 0) is 19.6 Å². The third-order valence-electron chi connectivity index (χ3n) is 4.70. The molecule has 3 aromatic carbocycles. The van der Waals surface area contributed by atoms with Crippen LogP contribution in [0.5, 0.6) is 0 Å². The Hall–Kier alpha value is -3.43. The summed E-state index contributed by atoms with van der Waals surface area (Å²) in [7, 11) is -2.66.